The molecule has 0 radical (unpaired) electrons. The van der Waals surface area contributed by atoms with Crippen molar-refractivity contribution in [2.24, 2.45) is 0 Å². The number of likely N-dealkylation sites (N-methyl/N-ethyl adjacent to an activating group) is 1. The molecule has 37 heavy (non-hydrogen) atoms. The summed E-state index contributed by atoms with van der Waals surface area (Å²) in [5.41, 5.74) is 5.24. The molecule has 1 saturated heterocycles. The van der Waals surface area contributed by atoms with Gasteiger partial charge in [0, 0.05) is 37.2 Å². The summed E-state index contributed by atoms with van der Waals surface area (Å²) in [6, 6.07) is 10.2. The van der Waals surface area contributed by atoms with Crippen LogP contribution in [0.2, 0.25) is 0 Å². The average molecular weight is 501 g/mol. The van der Waals surface area contributed by atoms with Gasteiger partial charge >= 0.3 is 0 Å². The van der Waals surface area contributed by atoms with E-state index in [0.717, 1.165) is 49.4 Å². The first kappa shape index (κ1) is 26.3. The summed E-state index contributed by atoms with van der Waals surface area (Å²) < 4.78 is 5.18. The Balaban J connectivity index is 1.44. The van der Waals surface area contributed by atoms with Crippen molar-refractivity contribution >= 4 is 23.0 Å². The Bertz CT molecular complexity index is 1300. The fraction of sp³-hybridized carbons (Fsp3) is 0.345. The summed E-state index contributed by atoms with van der Waals surface area (Å²) in [5.74, 6) is 0.435. The first-order chi connectivity index (χ1) is 17.9. The van der Waals surface area contributed by atoms with E-state index in [1.54, 1.807) is 25.7 Å². The number of hydrogen-bond acceptors (Lipinski definition) is 7. The van der Waals surface area contributed by atoms with Crippen LogP contribution in [0.4, 0.5) is 5.69 Å². The molecule has 2 aromatic heterocycles. The molecule has 4 rings (SSSR count). The number of anilines is 1. The number of nitrogens with one attached hydrogen (secondary N) is 2. The Morgan fingerprint density at radius 1 is 1.16 bits per heavy atom. The maximum Gasteiger partial charge on any atom is 0.257 e. The van der Waals surface area contributed by atoms with Gasteiger partial charge in [-0.3, -0.25) is 9.78 Å². The number of aromatic nitrogens is 3. The van der Waals surface area contributed by atoms with E-state index in [9.17, 15) is 4.79 Å². The number of allylic oxidation sites excluding steroid dienone is 1. The van der Waals surface area contributed by atoms with E-state index in [4.69, 9.17) is 4.74 Å². The second kappa shape index (κ2) is 12.5. The van der Waals surface area contributed by atoms with E-state index in [1.807, 2.05) is 31.2 Å². The minimum atomic E-state index is -0.213. The second-order valence-electron chi connectivity index (χ2n) is 9.46. The van der Waals surface area contributed by atoms with Crippen LogP contribution in [0.3, 0.4) is 0 Å². The summed E-state index contributed by atoms with van der Waals surface area (Å²) >= 11 is 0. The Kier molecular flexibility index (Phi) is 8.87. The summed E-state index contributed by atoms with van der Waals surface area (Å²) in [7, 11) is 3.75. The second-order valence-corrected chi connectivity index (χ2v) is 9.46. The number of benzene rings is 1. The third kappa shape index (κ3) is 7.15. The van der Waals surface area contributed by atoms with E-state index in [-0.39, 0.29) is 5.56 Å². The molecular weight excluding hydrogens is 464 g/mol. The topological polar surface area (TPSA) is 86.4 Å². The standard InChI is InChI=1S/C29H36N6O2/c1-21(26-19-30-20-27(33-26)37-4)18-24-10-12-31-29(36)28(24)22(2)32-25-8-6-23(7-9-25)11-15-35-14-5-13-34(3)16-17-35/h6-10,12,18-20,32H,2,5,11,13-17H2,1,3-4H3,(H,31,36)/b21-18+. The number of rotatable bonds is 9. The van der Waals surface area contributed by atoms with Crippen LogP contribution in [-0.4, -0.2) is 71.6 Å². The lowest BCUT2D eigenvalue weighted by molar-refractivity contribution is 0.279. The minimum absolute atomic E-state index is 0.213. The van der Waals surface area contributed by atoms with Crippen molar-refractivity contribution < 1.29 is 4.74 Å². The lowest BCUT2D eigenvalue weighted by atomic mass is 10.0. The maximum absolute atomic E-state index is 12.8. The van der Waals surface area contributed by atoms with E-state index >= 15 is 0 Å². The highest BCUT2D eigenvalue weighted by molar-refractivity contribution is 5.86. The van der Waals surface area contributed by atoms with Crippen molar-refractivity contribution in [3.05, 3.63) is 88.2 Å². The number of hydrogen-bond donors (Lipinski definition) is 2. The SMILES string of the molecule is C=C(Nc1ccc(CCN2CCCN(C)CC2)cc1)c1c(/C=C(\C)c2cncc(OC)n2)cc[nH]c1=O. The fourth-order valence-corrected chi connectivity index (χ4v) is 4.47. The predicted octanol–water partition coefficient (Wildman–Crippen LogP) is 4.00. The summed E-state index contributed by atoms with van der Waals surface area (Å²) in [6.07, 6.45) is 9.01. The lowest BCUT2D eigenvalue weighted by Gasteiger charge is -2.20. The maximum atomic E-state index is 12.8. The van der Waals surface area contributed by atoms with E-state index < -0.39 is 0 Å². The third-order valence-electron chi connectivity index (χ3n) is 6.67. The zero-order valence-electron chi connectivity index (χ0n) is 22.0. The Labute approximate surface area is 218 Å². The molecule has 1 aromatic carbocycles. The number of pyridine rings is 1. The van der Waals surface area contributed by atoms with Crippen molar-refractivity contribution in [2.45, 2.75) is 19.8 Å². The zero-order chi connectivity index (χ0) is 26.2. The van der Waals surface area contributed by atoms with Crippen LogP contribution < -0.4 is 15.6 Å². The number of aromatic amines is 1. The molecule has 8 nitrogen and oxygen atoms in total. The van der Waals surface area contributed by atoms with Crippen LogP contribution in [0.15, 0.2) is 60.3 Å². The molecule has 0 bridgehead atoms. The normalized spacial score (nSPS) is 15.3. The van der Waals surface area contributed by atoms with Crippen molar-refractivity contribution in [3.8, 4) is 5.88 Å². The summed E-state index contributed by atoms with van der Waals surface area (Å²) in [6.45, 7) is 11.8. The average Bonchev–Trinajstić information content (AvgIpc) is 3.12. The molecule has 0 atom stereocenters. The molecule has 3 aromatic rings. The van der Waals surface area contributed by atoms with Crippen LogP contribution in [0.25, 0.3) is 17.3 Å². The zero-order valence-corrected chi connectivity index (χ0v) is 22.0. The van der Waals surface area contributed by atoms with Gasteiger partial charge in [-0.05, 0) is 80.9 Å². The van der Waals surface area contributed by atoms with Crippen LogP contribution in [-0.2, 0) is 6.42 Å². The van der Waals surface area contributed by atoms with Gasteiger partial charge in [0.15, 0.2) is 0 Å². The molecular formula is C29H36N6O2. The summed E-state index contributed by atoms with van der Waals surface area (Å²) in [5, 5.41) is 3.31. The van der Waals surface area contributed by atoms with Crippen molar-refractivity contribution in [1.82, 2.24) is 24.8 Å². The Morgan fingerprint density at radius 2 is 1.97 bits per heavy atom. The van der Waals surface area contributed by atoms with Gasteiger partial charge < -0.3 is 24.8 Å². The number of nitrogens with zero attached hydrogens (tertiary/aromatic N) is 4. The number of H-pyrrole nitrogens is 1. The molecule has 1 aliphatic rings. The number of ether oxygens (including phenoxy) is 1. The molecule has 1 aliphatic heterocycles. The quantitative estimate of drug-likeness (QED) is 0.459. The van der Waals surface area contributed by atoms with E-state index in [2.05, 4.69) is 55.8 Å². The first-order valence-corrected chi connectivity index (χ1v) is 12.7. The van der Waals surface area contributed by atoms with E-state index in [1.165, 1.54) is 18.5 Å². The van der Waals surface area contributed by atoms with Crippen LogP contribution in [0, 0.1) is 0 Å². The molecule has 0 unspecified atom stereocenters. The van der Waals surface area contributed by atoms with Gasteiger partial charge in [0.05, 0.1) is 30.8 Å². The van der Waals surface area contributed by atoms with Gasteiger partial charge in [-0.15, -0.1) is 0 Å². The van der Waals surface area contributed by atoms with Crippen molar-refractivity contribution in [1.29, 1.82) is 0 Å². The van der Waals surface area contributed by atoms with Gasteiger partial charge in [0.25, 0.3) is 5.56 Å². The van der Waals surface area contributed by atoms with E-state index in [0.29, 0.717) is 22.8 Å². The fourth-order valence-electron chi connectivity index (χ4n) is 4.47. The Morgan fingerprint density at radius 3 is 2.76 bits per heavy atom. The predicted molar refractivity (Wildman–Crippen MR) is 151 cm³/mol. The molecule has 0 amide bonds. The largest absolute Gasteiger partial charge is 0.480 e. The van der Waals surface area contributed by atoms with Crippen molar-refractivity contribution in [2.75, 3.05) is 52.2 Å². The molecule has 0 saturated carbocycles. The van der Waals surface area contributed by atoms with Gasteiger partial charge in [0.2, 0.25) is 5.88 Å². The van der Waals surface area contributed by atoms with Gasteiger partial charge in [0.1, 0.15) is 0 Å². The van der Waals surface area contributed by atoms with Crippen LogP contribution in [0.5, 0.6) is 5.88 Å². The molecule has 3 heterocycles. The Hall–Kier alpha value is -3.75. The highest BCUT2D eigenvalue weighted by Gasteiger charge is 2.13. The van der Waals surface area contributed by atoms with Gasteiger partial charge in [-0.2, -0.15) is 0 Å². The lowest BCUT2D eigenvalue weighted by Crippen LogP contribution is -2.30. The number of methoxy groups -OCH3 is 1. The first-order valence-electron chi connectivity index (χ1n) is 12.7. The molecule has 2 N–H and O–H groups in total. The summed E-state index contributed by atoms with van der Waals surface area (Å²) in [4.78, 5) is 29.1. The molecule has 0 spiro atoms. The molecule has 0 aliphatic carbocycles. The highest BCUT2D eigenvalue weighted by Crippen LogP contribution is 2.23. The van der Waals surface area contributed by atoms with Crippen molar-refractivity contribution in [3.63, 3.8) is 0 Å². The van der Waals surface area contributed by atoms with Gasteiger partial charge in [-0.25, -0.2) is 4.98 Å². The smallest absolute Gasteiger partial charge is 0.257 e. The molecule has 8 heteroatoms. The molecule has 194 valence electrons. The minimum Gasteiger partial charge on any atom is -0.480 e. The van der Waals surface area contributed by atoms with Crippen LogP contribution in [0.1, 0.15) is 35.7 Å². The highest BCUT2D eigenvalue weighted by atomic mass is 16.5. The monoisotopic (exact) mass is 500 g/mol. The third-order valence-corrected chi connectivity index (χ3v) is 6.67. The van der Waals surface area contributed by atoms with Crippen LogP contribution >= 0.6 is 0 Å². The van der Waals surface area contributed by atoms with Gasteiger partial charge in [-0.1, -0.05) is 18.7 Å². The molecule has 1 fully saturated rings.